The lowest BCUT2D eigenvalue weighted by molar-refractivity contribution is 0.109. The predicted molar refractivity (Wildman–Crippen MR) is 74.8 cm³/mol. The van der Waals surface area contributed by atoms with Crippen LogP contribution < -0.4 is 0 Å². The smallest absolute Gasteiger partial charge is 0.0558 e. The quantitative estimate of drug-likeness (QED) is 0.853. The van der Waals surface area contributed by atoms with Crippen LogP contribution in [-0.4, -0.2) is 60.8 Å². The summed E-state index contributed by atoms with van der Waals surface area (Å²) in [6.45, 7) is 8.95. The van der Waals surface area contributed by atoms with E-state index in [9.17, 15) is 0 Å². The number of aliphatic hydroxyl groups excluding tert-OH is 1. The van der Waals surface area contributed by atoms with Gasteiger partial charge in [0, 0.05) is 39.3 Å². The van der Waals surface area contributed by atoms with Crippen molar-refractivity contribution in [2.24, 2.45) is 0 Å². The van der Waals surface area contributed by atoms with E-state index in [1.165, 1.54) is 5.56 Å². The number of piperazine rings is 1. The van der Waals surface area contributed by atoms with Crippen LogP contribution in [0.15, 0.2) is 30.3 Å². The van der Waals surface area contributed by atoms with Gasteiger partial charge in [0.1, 0.15) is 0 Å². The molecule has 0 radical (unpaired) electrons. The zero-order valence-corrected chi connectivity index (χ0v) is 11.3. The molecule has 18 heavy (non-hydrogen) atoms. The summed E-state index contributed by atoms with van der Waals surface area (Å²) in [4.78, 5) is 4.87. The van der Waals surface area contributed by atoms with Crippen LogP contribution in [0.5, 0.6) is 0 Å². The molecule has 1 aliphatic rings. The van der Waals surface area contributed by atoms with Crippen LogP contribution >= 0.6 is 0 Å². The molecule has 0 spiro atoms. The van der Waals surface area contributed by atoms with Gasteiger partial charge < -0.3 is 10.0 Å². The largest absolute Gasteiger partial charge is 0.395 e. The van der Waals surface area contributed by atoms with E-state index in [-0.39, 0.29) is 6.61 Å². The van der Waals surface area contributed by atoms with Crippen LogP contribution in [0.4, 0.5) is 0 Å². The minimum absolute atomic E-state index is 0.278. The molecule has 100 valence electrons. The van der Waals surface area contributed by atoms with E-state index in [0.29, 0.717) is 5.92 Å². The Hall–Kier alpha value is -0.900. The molecule has 1 N–H and O–H groups in total. The summed E-state index contributed by atoms with van der Waals surface area (Å²) in [5.74, 6) is 0.593. The van der Waals surface area contributed by atoms with E-state index < -0.39 is 0 Å². The maximum absolute atomic E-state index is 8.92. The first-order valence-corrected chi connectivity index (χ1v) is 6.90. The molecular formula is C15H24N2O. The Morgan fingerprint density at radius 1 is 1.06 bits per heavy atom. The number of aliphatic hydroxyl groups is 1. The molecule has 1 heterocycles. The van der Waals surface area contributed by atoms with Crippen LogP contribution in [0.3, 0.4) is 0 Å². The van der Waals surface area contributed by atoms with Crippen LogP contribution in [-0.2, 0) is 0 Å². The van der Waals surface area contributed by atoms with Crippen LogP contribution in [0, 0.1) is 0 Å². The molecule has 3 heteroatoms. The van der Waals surface area contributed by atoms with Crippen LogP contribution in [0.25, 0.3) is 0 Å². The maximum Gasteiger partial charge on any atom is 0.0558 e. The molecule has 1 aliphatic heterocycles. The van der Waals surface area contributed by atoms with Crippen molar-refractivity contribution in [2.75, 3.05) is 45.9 Å². The highest BCUT2D eigenvalue weighted by atomic mass is 16.3. The van der Waals surface area contributed by atoms with Gasteiger partial charge in [-0.1, -0.05) is 37.3 Å². The van der Waals surface area contributed by atoms with Gasteiger partial charge in [0.15, 0.2) is 0 Å². The summed E-state index contributed by atoms with van der Waals surface area (Å²) in [7, 11) is 0. The second-order valence-corrected chi connectivity index (χ2v) is 5.18. The summed E-state index contributed by atoms with van der Waals surface area (Å²) in [5, 5.41) is 8.92. The molecule has 0 saturated carbocycles. The molecule has 1 aromatic carbocycles. The highest BCUT2D eigenvalue weighted by Gasteiger charge is 2.18. The zero-order chi connectivity index (χ0) is 12.8. The normalized spacial score (nSPS) is 19.9. The summed E-state index contributed by atoms with van der Waals surface area (Å²) in [5.41, 5.74) is 1.43. The van der Waals surface area contributed by atoms with Crippen molar-refractivity contribution < 1.29 is 5.11 Å². The molecular weight excluding hydrogens is 224 g/mol. The van der Waals surface area contributed by atoms with Gasteiger partial charge in [-0.15, -0.1) is 0 Å². The van der Waals surface area contributed by atoms with Crippen molar-refractivity contribution in [1.82, 2.24) is 9.80 Å². The third-order valence-corrected chi connectivity index (χ3v) is 3.78. The third kappa shape index (κ3) is 3.80. The Morgan fingerprint density at radius 3 is 2.28 bits per heavy atom. The van der Waals surface area contributed by atoms with Gasteiger partial charge in [-0.3, -0.25) is 4.90 Å². The van der Waals surface area contributed by atoms with Gasteiger partial charge >= 0.3 is 0 Å². The van der Waals surface area contributed by atoms with Crippen LogP contribution in [0.1, 0.15) is 18.4 Å². The van der Waals surface area contributed by atoms with Gasteiger partial charge in [-0.2, -0.15) is 0 Å². The molecule has 3 nitrogen and oxygen atoms in total. The average molecular weight is 248 g/mol. The Kier molecular flexibility index (Phi) is 5.17. The minimum Gasteiger partial charge on any atom is -0.395 e. The summed E-state index contributed by atoms with van der Waals surface area (Å²) >= 11 is 0. The van der Waals surface area contributed by atoms with E-state index in [4.69, 9.17) is 5.11 Å². The van der Waals surface area contributed by atoms with E-state index in [2.05, 4.69) is 47.1 Å². The Balaban J connectivity index is 1.78. The van der Waals surface area contributed by atoms with Crippen LogP contribution in [0.2, 0.25) is 0 Å². The van der Waals surface area contributed by atoms with Crippen molar-refractivity contribution in [1.29, 1.82) is 0 Å². The number of hydrogen-bond donors (Lipinski definition) is 1. The number of hydrogen-bond acceptors (Lipinski definition) is 3. The summed E-state index contributed by atoms with van der Waals surface area (Å²) < 4.78 is 0. The molecule has 0 aliphatic carbocycles. The van der Waals surface area contributed by atoms with Crippen molar-refractivity contribution in [2.45, 2.75) is 12.8 Å². The molecule has 0 bridgehead atoms. The van der Waals surface area contributed by atoms with Gasteiger partial charge in [0.2, 0.25) is 0 Å². The number of β-amino-alcohol motifs (C(OH)–C–C–N with tert-alkyl or cyclic N) is 1. The van der Waals surface area contributed by atoms with Crippen molar-refractivity contribution in [3.8, 4) is 0 Å². The fourth-order valence-corrected chi connectivity index (χ4v) is 2.61. The number of benzene rings is 1. The first kappa shape index (κ1) is 13.5. The van der Waals surface area contributed by atoms with Crippen molar-refractivity contribution >= 4 is 0 Å². The molecule has 1 saturated heterocycles. The molecule has 1 atom stereocenters. The fraction of sp³-hybridized carbons (Fsp3) is 0.600. The maximum atomic E-state index is 8.92. The lowest BCUT2D eigenvalue weighted by Crippen LogP contribution is -2.47. The van der Waals surface area contributed by atoms with Crippen molar-refractivity contribution in [3.63, 3.8) is 0 Å². The van der Waals surface area contributed by atoms with Gasteiger partial charge in [-0.05, 0) is 11.5 Å². The minimum atomic E-state index is 0.278. The van der Waals surface area contributed by atoms with E-state index >= 15 is 0 Å². The monoisotopic (exact) mass is 248 g/mol. The van der Waals surface area contributed by atoms with Gasteiger partial charge in [0.05, 0.1) is 6.61 Å². The van der Waals surface area contributed by atoms with E-state index in [1.807, 2.05) is 0 Å². The highest BCUT2D eigenvalue weighted by Crippen LogP contribution is 2.16. The Labute approximate surface area is 110 Å². The molecule has 0 unspecified atom stereocenters. The Morgan fingerprint density at radius 2 is 1.67 bits per heavy atom. The molecule has 1 fully saturated rings. The second kappa shape index (κ2) is 6.88. The first-order chi connectivity index (χ1) is 8.79. The first-order valence-electron chi connectivity index (χ1n) is 6.90. The second-order valence-electron chi connectivity index (χ2n) is 5.18. The molecule has 1 aromatic rings. The van der Waals surface area contributed by atoms with Gasteiger partial charge in [0.25, 0.3) is 0 Å². The van der Waals surface area contributed by atoms with Gasteiger partial charge in [-0.25, -0.2) is 0 Å². The van der Waals surface area contributed by atoms with E-state index in [1.54, 1.807) is 0 Å². The Bertz CT molecular complexity index is 334. The molecule has 0 aromatic heterocycles. The lowest BCUT2D eigenvalue weighted by atomic mass is 10.0. The lowest BCUT2D eigenvalue weighted by Gasteiger charge is -2.35. The summed E-state index contributed by atoms with van der Waals surface area (Å²) in [6.07, 6.45) is 0. The fourth-order valence-electron chi connectivity index (χ4n) is 2.61. The standard InChI is InChI=1S/C15H24N2O/c1-14(15-5-3-2-4-6-15)13-17-9-7-16(8-10-17)11-12-18/h2-6,14,18H,7-13H2,1H3/t14-/m0/s1. The van der Waals surface area contributed by atoms with Crippen molar-refractivity contribution in [3.05, 3.63) is 35.9 Å². The average Bonchev–Trinajstić information content (AvgIpc) is 2.42. The topological polar surface area (TPSA) is 26.7 Å². The van der Waals surface area contributed by atoms with E-state index in [0.717, 1.165) is 39.3 Å². The number of nitrogens with zero attached hydrogens (tertiary/aromatic N) is 2. The highest BCUT2D eigenvalue weighted by molar-refractivity contribution is 5.19. The molecule has 0 amide bonds. The SMILES string of the molecule is C[C@@H](CN1CCN(CCO)CC1)c1ccccc1. The predicted octanol–water partition coefficient (Wildman–Crippen LogP) is 1.40. The zero-order valence-electron chi connectivity index (χ0n) is 11.3. The third-order valence-electron chi connectivity index (χ3n) is 3.78. The molecule has 2 rings (SSSR count). The number of rotatable bonds is 5. The summed E-state index contributed by atoms with van der Waals surface area (Å²) in [6, 6.07) is 10.7.